The number of carboxylic acid groups (broad SMARTS) is 1. The van der Waals surface area contributed by atoms with Crippen LogP contribution in [-0.2, 0) is 9.59 Å². The van der Waals surface area contributed by atoms with Crippen molar-refractivity contribution >= 4 is 29.2 Å². The fourth-order valence-electron chi connectivity index (χ4n) is 1.94. The summed E-state index contributed by atoms with van der Waals surface area (Å²) < 4.78 is 0. The number of halogens is 1. The minimum Gasteiger partial charge on any atom is -0.480 e. The molecule has 0 aliphatic carbocycles. The number of aliphatic carboxylic acids is 1. The number of rotatable bonds is 2. The lowest BCUT2D eigenvalue weighted by Crippen LogP contribution is -2.57. The van der Waals surface area contributed by atoms with Gasteiger partial charge in [0.15, 0.2) is 0 Å². The Bertz CT molecular complexity index is 475. The van der Waals surface area contributed by atoms with Gasteiger partial charge in [-0.15, -0.1) is 0 Å². The van der Waals surface area contributed by atoms with E-state index in [1.807, 2.05) is 0 Å². The molecule has 1 aliphatic heterocycles. The third-order valence-corrected chi connectivity index (χ3v) is 3.31. The van der Waals surface area contributed by atoms with Crippen molar-refractivity contribution in [3.05, 3.63) is 29.3 Å². The smallest absolute Gasteiger partial charge is 0.328 e. The van der Waals surface area contributed by atoms with E-state index in [1.54, 1.807) is 29.2 Å². The molecular weight excluding hydrogens is 256 g/mol. The van der Waals surface area contributed by atoms with Gasteiger partial charge in [0.2, 0.25) is 5.91 Å². The Balaban J connectivity index is 2.22. The van der Waals surface area contributed by atoms with Gasteiger partial charge in [0, 0.05) is 24.3 Å². The molecule has 0 radical (unpaired) electrons. The summed E-state index contributed by atoms with van der Waals surface area (Å²) in [6, 6.07) is 6.17. The number of hydrogen-bond acceptors (Lipinski definition) is 3. The van der Waals surface area contributed by atoms with Gasteiger partial charge in [-0.2, -0.15) is 0 Å². The van der Waals surface area contributed by atoms with E-state index >= 15 is 0 Å². The van der Waals surface area contributed by atoms with E-state index in [2.05, 4.69) is 0 Å². The topological polar surface area (TPSA) is 60.9 Å². The standard InChI is InChI=1S/C12H13ClN2O3/c1-14-10(12(17)18)6-15(7-11(14)16)9-4-2-8(13)3-5-9/h2-5,10H,6-7H2,1H3,(H,17,18). The summed E-state index contributed by atoms with van der Waals surface area (Å²) in [4.78, 5) is 25.9. The number of piperazine rings is 1. The maximum absolute atomic E-state index is 11.8. The number of amides is 1. The average Bonchev–Trinajstić information content (AvgIpc) is 2.33. The Labute approximate surface area is 110 Å². The van der Waals surface area contributed by atoms with Crippen LogP contribution in [0.2, 0.25) is 5.02 Å². The number of anilines is 1. The molecule has 1 aromatic carbocycles. The van der Waals surface area contributed by atoms with E-state index in [4.69, 9.17) is 16.7 Å². The number of carboxylic acids is 1. The Morgan fingerprint density at radius 2 is 2.00 bits per heavy atom. The van der Waals surface area contributed by atoms with Crippen LogP contribution in [0, 0.1) is 0 Å². The summed E-state index contributed by atoms with van der Waals surface area (Å²) >= 11 is 5.79. The molecular formula is C12H13ClN2O3. The predicted octanol–water partition coefficient (Wildman–Crippen LogP) is 1.07. The lowest BCUT2D eigenvalue weighted by Gasteiger charge is -2.38. The van der Waals surface area contributed by atoms with Crippen LogP contribution in [0.3, 0.4) is 0 Å². The molecule has 1 amide bonds. The normalized spacial score (nSPS) is 20.1. The fourth-order valence-corrected chi connectivity index (χ4v) is 2.06. The van der Waals surface area contributed by atoms with Gasteiger partial charge in [0.05, 0.1) is 6.54 Å². The third kappa shape index (κ3) is 2.41. The van der Waals surface area contributed by atoms with Crippen LogP contribution in [0.15, 0.2) is 24.3 Å². The molecule has 1 N–H and O–H groups in total. The van der Waals surface area contributed by atoms with Crippen molar-refractivity contribution in [3.8, 4) is 0 Å². The van der Waals surface area contributed by atoms with E-state index in [0.29, 0.717) is 5.02 Å². The van der Waals surface area contributed by atoms with E-state index in [0.717, 1.165) is 5.69 Å². The molecule has 2 rings (SSSR count). The number of likely N-dealkylation sites (N-methyl/N-ethyl adjacent to an activating group) is 1. The van der Waals surface area contributed by atoms with Gasteiger partial charge in [-0.1, -0.05) is 11.6 Å². The summed E-state index contributed by atoms with van der Waals surface area (Å²) in [5.74, 6) is -1.20. The molecule has 5 nitrogen and oxygen atoms in total. The van der Waals surface area contributed by atoms with Gasteiger partial charge >= 0.3 is 5.97 Å². The summed E-state index contributed by atoms with van der Waals surface area (Å²) in [5.41, 5.74) is 0.798. The van der Waals surface area contributed by atoms with Crippen molar-refractivity contribution in [2.75, 3.05) is 25.0 Å². The molecule has 1 fully saturated rings. The molecule has 1 atom stereocenters. The van der Waals surface area contributed by atoms with Gasteiger partial charge in [0.25, 0.3) is 0 Å². The van der Waals surface area contributed by atoms with E-state index in [9.17, 15) is 9.59 Å². The second kappa shape index (κ2) is 4.86. The highest BCUT2D eigenvalue weighted by atomic mass is 35.5. The van der Waals surface area contributed by atoms with Gasteiger partial charge in [-0.25, -0.2) is 4.79 Å². The quantitative estimate of drug-likeness (QED) is 0.872. The largest absolute Gasteiger partial charge is 0.480 e. The maximum atomic E-state index is 11.8. The summed E-state index contributed by atoms with van der Waals surface area (Å²) in [6.07, 6.45) is 0. The van der Waals surface area contributed by atoms with Crippen LogP contribution in [0.1, 0.15) is 0 Å². The lowest BCUT2D eigenvalue weighted by molar-refractivity contribution is -0.149. The minimum atomic E-state index is -0.996. The number of nitrogens with zero attached hydrogens (tertiary/aromatic N) is 2. The number of carbonyl (C=O) groups is 2. The molecule has 0 saturated carbocycles. The Hall–Kier alpha value is -1.75. The SMILES string of the molecule is CN1C(=O)CN(c2ccc(Cl)cc2)CC1C(=O)O. The van der Waals surface area contributed by atoms with E-state index in [-0.39, 0.29) is 19.0 Å². The molecule has 0 aromatic heterocycles. The monoisotopic (exact) mass is 268 g/mol. The van der Waals surface area contributed by atoms with Crippen molar-refractivity contribution in [1.29, 1.82) is 0 Å². The summed E-state index contributed by atoms with van der Waals surface area (Å²) in [7, 11) is 1.51. The van der Waals surface area contributed by atoms with Gasteiger partial charge in [-0.05, 0) is 24.3 Å². The zero-order valence-electron chi connectivity index (χ0n) is 9.84. The molecule has 0 spiro atoms. The molecule has 6 heteroatoms. The zero-order valence-corrected chi connectivity index (χ0v) is 10.6. The Morgan fingerprint density at radius 3 is 2.56 bits per heavy atom. The van der Waals surface area contributed by atoms with Crippen LogP contribution < -0.4 is 4.90 Å². The molecule has 0 bridgehead atoms. The van der Waals surface area contributed by atoms with Crippen LogP contribution in [0.5, 0.6) is 0 Å². The number of carbonyl (C=O) groups excluding carboxylic acids is 1. The lowest BCUT2D eigenvalue weighted by atomic mass is 10.1. The van der Waals surface area contributed by atoms with Gasteiger partial charge < -0.3 is 14.9 Å². The Morgan fingerprint density at radius 1 is 1.39 bits per heavy atom. The first-order valence-electron chi connectivity index (χ1n) is 5.48. The molecule has 1 aromatic rings. The summed E-state index contributed by atoms with van der Waals surface area (Å²) in [5, 5.41) is 9.70. The van der Waals surface area contributed by atoms with Crippen molar-refractivity contribution < 1.29 is 14.7 Å². The highest BCUT2D eigenvalue weighted by molar-refractivity contribution is 6.30. The van der Waals surface area contributed by atoms with Crippen LogP contribution >= 0.6 is 11.6 Å². The second-order valence-electron chi connectivity index (χ2n) is 4.22. The van der Waals surface area contributed by atoms with Crippen LogP contribution in [-0.4, -0.2) is 48.1 Å². The molecule has 96 valence electrons. The first-order chi connectivity index (χ1) is 8.49. The van der Waals surface area contributed by atoms with Crippen molar-refractivity contribution in [1.82, 2.24) is 4.90 Å². The molecule has 1 heterocycles. The van der Waals surface area contributed by atoms with Gasteiger partial charge in [0.1, 0.15) is 6.04 Å². The van der Waals surface area contributed by atoms with E-state index < -0.39 is 12.0 Å². The van der Waals surface area contributed by atoms with Crippen LogP contribution in [0.4, 0.5) is 5.69 Å². The first-order valence-corrected chi connectivity index (χ1v) is 5.86. The van der Waals surface area contributed by atoms with Gasteiger partial charge in [-0.3, -0.25) is 4.79 Å². The second-order valence-corrected chi connectivity index (χ2v) is 4.65. The molecule has 18 heavy (non-hydrogen) atoms. The molecule has 1 unspecified atom stereocenters. The highest BCUT2D eigenvalue weighted by Crippen LogP contribution is 2.21. The Kier molecular flexibility index (Phi) is 3.43. The third-order valence-electron chi connectivity index (χ3n) is 3.06. The molecule has 1 saturated heterocycles. The van der Waals surface area contributed by atoms with Crippen molar-refractivity contribution in [2.24, 2.45) is 0 Å². The van der Waals surface area contributed by atoms with E-state index in [1.165, 1.54) is 11.9 Å². The van der Waals surface area contributed by atoms with Crippen LogP contribution in [0.25, 0.3) is 0 Å². The number of benzene rings is 1. The highest BCUT2D eigenvalue weighted by Gasteiger charge is 2.34. The first kappa shape index (κ1) is 12.7. The predicted molar refractivity (Wildman–Crippen MR) is 67.9 cm³/mol. The minimum absolute atomic E-state index is 0.182. The zero-order chi connectivity index (χ0) is 13.3. The number of hydrogen-bond donors (Lipinski definition) is 1. The molecule has 1 aliphatic rings. The average molecular weight is 269 g/mol. The maximum Gasteiger partial charge on any atom is 0.328 e. The fraction of sp³-hybridized carbons (Fsp3) is 0.333. The van der Waals surface area contributed by atoms with Crippen molar-refractivity contribution in [2.45, 2.75) is 6.04 Å². The van der Waals surface area contributed by atoms with Crippen molar-refractivity contribution in [3.63, 3.8) is 0 Å². The summed E-state index contributed by atoms with van der Waals surface area (Å²) in [6.45, 7) is 0.459.